The maximum atomic E-state index is 9.05. The number of nitrogens with zero attached hydrogens (tertiary/aromatic N) is 1. The van der Waals surface area contributed by atoms with Crippen LogP contribution in [0.4, 0.5) is 0 Å². The lowest BCUT2D eigenvalue weighted by Gasteiger charge is -2.28. The summed E-state index contributed by atoms with van der Waals surface area (Å²) < 4.78 is 0. The number of nitrogens with one attached hydrogen (secondary N) is 1. The Bertz CT molecular complexity index is 378. The summed E-state index contributed by atoms with van der Waals surface area (Å²) in [6, 6.07) is 10.8. The third-order valence-corrected chi connectivity index (χ3v) is 3.14. The molecule has 2 rings (SSSR count). The lowest BCUT2D eigenvalue weighted by molar-refractivity contribution is 0.381. The Morgan fingerprint density at radius 2 is 2.20 bits per heavy atom. The lowest BCUT2D eigenvalue weighted by Crippen LogP contribution is -2.35. The maximum absolute atomic E-state index is 9.05. The van der Waals surface area contributed by atoms with E-state index >= 15 is 0 Å². The van der Waals surface area contributed by atoms with Crippen molar-refractivity contribution < 1.29 is 0 Å². The molecule has 1 aromatic carbocycles. The minimum Gasteiger partial charge on any atom is -0.314 e. The standard InChI is InChI=1S/C13H16N2/c1-10-8-11(6-7-15-10)13-5-3-2-4-12(13)9-14/h2-5,10-11,15H,6-8H2,1H3. The van der Waals surface area contributed by atoms with Crippen molar-refractivity contribution in [3.8, 4) is 6.07 Å². The van der Waals surface area contributed by atoms with Crippen molar-refractivity contribution in [1.29, 1.82) is 5.26 Å². The molecule has 0 aromatic heterocycles. The molecule has 0 saturated carbocycles. The molecular weight excluding hydrogens is 184 g/mol. The molecule has 2 unspecified atom stereocenters. The first-order chi connectivity index (χ1) is 7.31. The van der Waals surface area contributed by atoms with Crippen LogP contribution in [0.2, 0.25) is 0 Å². The molecule has 78 valence electrons. The SMILES string of the molecule is CC1CC(c2ccccc2C#N)CCN1. The van der Waals surface area contributed by atoms with Gasteiger partial charge in [0.25, 0.3) is 0 Å². The molecule has 2 nitrogen and oxygen atoms in total. The van der Waals surface area contributed by atoms with Crippen LogP contribution in [0.25, 0.3) is 0 Å². The van der Waals surface area contributed by atoms with Crippen LogP contribution in [0.5, 0.6) is 0 Å². The highest BCUT2D eigenvalue weighted by Gasteiger charge is 2.21. The van der Waals surface area contributed by atoms with Gasteiger partial charge in [0.2, 0.25) is 0 Å². The summed E-state index contributed by atoms with van der Waals surface area (Å²) in [5, 5.41) is 12.5. The van der Waals surface area contributed by atoms with E-state index in [0.29, 0.717) is 12.0 Å². The number of benzene rings is 1. The zero-order valence-electron chi connectivity index (χ0n) is 9.03. The van der Waals surface area contributed by atoms with E-state index in [2.05, 4.69) is 24.4 Å². The van der Waals surface area contributed by atoms with Gasteiger partial charge in [-0.25, -0.2) is 0 Å². The van der Waals surface area contributed by atoms with E-state index in [0.717, 1.165) is 24.9 Å². The van der Waals surface area contributed by atoms with Gasteiger partial charge in [0, 0.05) is 6.04 Å². The van der Waals surface area contributed by atoms with Gasteiger partial charge in [-0.05, 0) is 43.9 Å². The van der Waals surface area contributed by atoms with Crippen molar-refractivity contribution in [1.82, 2.24) is 5.32 Å². The molecule has 0 spiro atoms. The Morgan fingerprint density at radius 1 is 1.40 bits per heavy atom. The average Bonchev–Trinajstić information content (AvgIpc) is 2.29. The summed E-state index contributed by atoms with van der Waals surface area (Å²) in [6.45, 7) is 3.27. The van der Waals surface area contributed by atoms with E-state index in [-0.39, 0.29) is 0 Å². The predicted octanol–water partition coefficient (Wildman–Crippen LogP) is 2.41. The molecule has 2 atom stereocenters. The zero-order valence-corrected chi connectivity index (χ0v) is 9.03. The Labute approximate surface area is 90.9 Å². The van der Waals surface area contributed by atoms with Crippen molar-refractivity contribution in [2.45, 2.75) is 31.7 Å². The van der Waals surface area contributed by atoms with Crippen molar-refractivity contribution >= 4 is 0 Å². The normalized spacial score (nSPS) is 25.9. The fraction of sp³-hybridized carbons (Fsp3) is 0.462. The molecule has 0 amide bonds. The highest BCUT2D eigenvalue weighted by Crippen LogP contribution is 2.29. The Balaban J connectivity index is 2.25. The topological polar surface area (TPSA) is 35.8 Å². The molecular formula is C13H16N2. The molecule has 1 fully saturated rings. The van der Waals surface area contributed by atoms with Crippen LogP contribution < -0.4 is 5.32 Å². The Morgan fingerprint density at radius 3 is 2.93 bits per heavy atom. The summed E-state index contributed by atoms with van der Waals surface area (Å²) in [4.78, 5) is 0. The molecule has 1 heterocycles. The second-order valence-corrected chi connectivity index (χ2v) is 4.28. The molecule has 1 N–H and O–H groups in total. The highest BCUT2D eigenvalue weighted by atomic mass is 14.9. The molecule has 1 aliphatic heterocycles. The number of hydrogen-bond donors (Lipinski definition) is 1. The monoisotopic (exact) mass is 200 g/mol. The molecule has 2 heteroatoms. The quantitative estimate of drug-likeness (QED) is 0.755. The fourth-order valence-corrected chi connectivity index (χ4v) is 2.37. The number of rotatable bonds is 1. The van der Waals surface area contributed by atoms with Gasteiger partial charge in [-0.2, -0.15) is 5.26 Å². The molecule has 1 aliphatic rings. The maximum Gasteiger partial charge on any atom is 0.0994 e. The molecule has 0 radical (unpaired) electrons. The van der Waals surface area contributed by atoms with E-state index in [1.807, 2.05) is 18.2 Å². The number of nitriles is 1. The summed E-state index contributed by atoms with van der Waals surface area (Å²) in [5.41, 5.74) is 2.07. The van der Waals surface area contributed by atoms with Crippen molar-refractivity contribution in [3.63, 3.8) is 0 Å². The van der Waals surface area contributed by atoms with Gasteiger partial charge >= 0.3 is 0 Å². The summed E-state index contributed by atoms with van der Waals surface area (Å²) >= 11 is 0. The third-order valence-electron chi connectivity index (χ3n) is 3.14. The van der Waals surface area contributed by atoms with Gasteiger partial charge < -0.3 is 5.32 Å². The Hall–Kier alpha value is -1.33. The van der Waals surface area contributed by atoms with Crippen molar-refractivity contribution in [3.05, 3.63) is 35.4 Å². The molecule has 15 heavy (non-hydrogen) atoms. The van der Waals surface area contributed by atoms with E-state index < -0.39 is 0 Å². The van der Waals surface area contributed by atoms with Gasteiger partial charge in [0.15, 0.2) is 0 Å². The lowest BCUT2D eigenvalue weighted by atomic mass is 9.85. The average molecular weight is 200 g/mol. The van der Waals surface area contributed by atoms with Crippen LogP contribution in [0.15, 0.2) is 24.3 Å². The first-order valence-corrected chi connectivity index (χ1v) is 5.53. The fourth-order valence-electron chi connectivity index (χ4n) is 2.37. The largest absolute Gasteiger partial charge is 0.314 e. The van der Waals surface area contributed by atoms with Crippen LogP contribution >= 0.6 is 0 Å². The minimum atomic E-state index is 0.553. The third kappa shape index (κ3) is 2.19. The van der Waals surface area contributed by atoms with Gasteiger partial charge in [-0.15, -0.1) is 0 Å². The van der Waals surface area contributed by atoms with E-state index in [1.165, 1.54) is 5.56 Å². The van der Waals surface area contributed by atoms with Crippen LogP contribution in [-0.2, 0) is 0 Å². The molecule has 1 saturated heterocycles. The molecule has 1 aromatic rings. The van der Waals surface area contributed by atoms with E-state index in [9.17, 15) is 0 Å². The van der Waals surface area contributed by atoms with Gasteiger partial charge in [-0.3, -0.25) is 0 Å². The van der Waals surface area contributed by atoms with Crippen LogP contribution in [-0.4, -0.2) is 12.6 Å². The van der Waals surface area contributed by atoms with Crippen LogP contribution in [0.1, 0.15) is 36.8 Å². The molecule has 0 aliphatic carbocycles. The Kier molecular flexibility index (Phi) is 3.03. The number of hydrogen-bond acceptors (Lipinski definition) is 2. The first-order valence-electron chi connectivity index (χ1n) is 5.53. The smallest absolute Gasteiger partial charge is 0.0994 e. The second kappa shape index (κ2) is 4.46. The molecule has 0 bridgehead atoms. The minimum absolute atomic E-state index is 0.553. The van der Waals surface area contributed by atoms with Gasteiger partial charge in [0.05, 0.1) is 11.6 Å². The summed E-state index contributed by atoms with van der Waals surface area (Å²) in [6.07, 6.45) is 2.28. The number of piperidine rings is 1. The van der Waals surface area contributed by atoms with Crippen molar-refractivity contribution in [2.75, 3.05) is 6.54 Å². The zero-order chi connectivity index (χ0) is 10.7. The highest BCUT2D eigenvalue weighted by molar-refractivity contribution is 5.39. The van der Waals surface area contributed by atoms with E-state index in [4.69, 9.17) is 5.26 Å². The second-order valence-electron chi connectivity index (χ2n) is 4.28. The van der Waals surface area contributed by atoms with Crippen LogP contribution in [0, 0.1) is 11.3 Å². The van der Waals surface area contributed by atoms with Crippen molar-refractivity contribution in [2.24, 2.45) is 0 Å². The predicted molar refractivity (Wildman–Crippen MR) is 60.6 cm³/mol. The van der Waals surface area contributed by atoms with Crippen LogP contribution in [0.3, 0.4) is 0 Å². The summed E-state index contributed by atoms with van der Waals surface area (Å²) in [7, 11) is 0. The van der Waals surface area contributed by atoms with Gasteiger partial charge in [-0.1, -0.05) is 18.2 Å². The summed E-state index contributed by atoms with van der Waals surface area (Å²) in [5.74, 6) is 0.553. The van der Waals surface area contributed by atoms with Gasteiger partial charge in [0.1, 0.15) is 0 Å². The van der Waals surface area contributed by atoms with E-state index in [1.54, 1.807) is 0 Å². The first kappa shape index (κ1) is 10.2.